The van der Waals surface area contributed by atoms with Crippen molar-refractivity contribution in [3.05, 3.63) is 0 Å². The molecule has 0 aromatic heterocycles. The van der Waals surface area contributed by atoms with Crippen LogP contribution >= 0.6 is 0 Å². The van der Waals surface area contributed by atoms with Gasteiger partial charge >= 0.3 is 0 Å². The van der Waals surface area contributed by atoms with Gasteiger partial charge in [0, 0.05) is 14.2 Å². The van der Waals surface area contributed by atoms with Gasteiger partial charge in [0.15, 0.2) is 12.6 Å². The first kappa shape index (κ1) is 19.7. The van der Waals surface area contributed by atoms with Gasteiger partial charge in [0.25, 0.3) is 0 Å². The van der Waals surface area contributed by atoms with Gasteiger partial charge in [-0.05, 0) is 13.8 Å². The van der Waals surface area contributed by atoms with Crippen LogP contribution in [-0.2, 0) is 28.4 Å². The zero-order chi connectivity index (χ0) is 15.2. The van der Waals surface area contributed by atoms with Gasteiger partial charge < -0.3 is 33.5 Å². The summed E-state index contributed by atoms with van der Waals surface area (Å²) in [7, 11) is 3.15. The average molecular weight is 296 g/mol. The summed E-state index contributed by atoms with van der Waals surface area (Å²) in [5.74, 6) is 0. The number of aliphatic hydroxyl groups excluding tert-OH is 1. The van der Waals surface area contributed by atoms with Crippen LogP contribution in [0.1, 0.15) is 13.8 Å². The zero-order valence-corrected chi connectivity index (χ0v) is 12.9. The highest BCUT2D eigenvalue weighted by molar-refractivity contribution is 4.53. The van der Waals surface area contributed by atoms with Crippen molar-refractivity contribution in [2.75, 3.05) is 53.9 Å². The molecule has 0 heterocycles. The second kappa shape index (κ2) is 13.7. The molecule has 0 saturated heterocycles. The Morgan fingerprint density at radius 3 is 1.80 bits per heavy atom. The molecule has 0 aliphatic heterocycles. The molecule has 20 heavy (non-hydrogen) atoms. The predicted octanol–water partition coefficient (Wildman–Crippen LogP) is 0.399. The lowest BCUT2D eigenvalue weighted by molar-refractivity contribution is -0.139. The van der Waals surface area contributed by atoms with Gasteiger partial charge in [0.1, 0.15) is 6.10 Å². The van der Waals surface area contributed by atoms with Gasteiger partial charge in [-0.25, -0.2) is 0 Å². The van der Waals surface area contributed by atoms with Gasteiger partial charge in [-0.2, -0.15) is 0 Å². The van der Waals surface area contributed by atoms with E-state index >= 15 is 0 Å². The molecule has 7 nitrogen and oxygen atoms in total. The molecule has 0 aromatic rings. The SMILES string of the molecule is COC(C)OCCOCC(CO)OCCOC(C)OC. The number of aliphatic hydroxyl groups is 1. The van der Waals surface area contributed by atoms with Gasteiger partial charge in [-0.3, -0.25) is 0 Å². The molecule has 1 N–H and O–H groups in total. The molecule has 0 aliphatic carbocycles. The van der Waals surface area contributed by atoms with Crippen LogP contribution in [0.25, 0.3) is 0 Å². The van der Waals surface area contributed by atoms with Gasteiger partial charge in [-0.1, -0.05) is 0 Å². The van der Waals surface area contributed by atoms with Crippen LogP contribution in [0, 0.1) is 0 Å². The Morgan fingerprint density at radius 1 is 0.800 bits per heavy atom. The molecular formula is C13H28O7. The Labute approximate surface area is 121 Å². The van der Waals surface area contributed by atoms with Crippen molar-refractivity contribution in [2.45, 2.75) is 32.5 Å². The Bertz CT molecular complexity index is 203. The third kappa shape index (κ3) is 11.5. The van der Waals surface area contributed by atoms with E-state index in [2.05, 4.69) is 0 Å². The highest BCUT2D eigenvalue weighted by atomic mass is 16.7. The molecule has 122 valence electrons. The second-order valence-electron chi connectivity index (χ2n) is 4.10. The van der Waals surface area contributed by atoms with Crippen LogP contribution in [0.5, 0.6) is 0 Å². The van der Waals surface area contributed by atoms with Gasteiger partial charge in [0.05, 0.1) is 39.6 Å². The first-order valence-electron chi connectivity index (χ1n) is 6.73. The fraction of sp³-hybridized carbons (Fsp3) is 1.00. The lowest BCUT2D eigenvalue weighted by Gasteiger charge is -2.17. The monoisotopic (exact) mass is 296 g/mol. The molecule has 0 fully saturated rings. The first-order valence-corrected chi connectivity index (χ1v) is 6.73. The Kier molecular flexibility index (Phi) is 13.5. The molecule has 0 spiro atoms. The van der Waals surface area contributed by atoms with Crippen LogP contribution in [0.2, 0.25) is 0 Å². The maximum atomic E-state index is 9.14. The van der Waals surface area contributed by atoms with E-state index in [0.29, 0.717) is 33.0 Å². The number of methoxy groups -OCH3 is 2. The summed E-state index contributed by atoms with van der Waals surface area (Å²) in [6.45, 7) is 5.44. The summed E-state index contributed by atoms with van der Waals surface area (Å²) >= 11 is 0. The smallest absolute Gasteiger partial charge is 0.154 e. The normalized spacial score (nSPS) is 16.1. The van der Waals surface area contributed by atoms with Crippen molar-refractivity contribution in [2.24, 2.45) is 0 Å². The maximum absolute atomic E-state index is 9.14. The summed E-state index contributed by atoms with van der Waals surface area (Å²) in [5.41, 5.74) is 0. The zero-order valence-electron chi connectivity index (χ0n) is 12.9. The first-order chi connectivity index (χ1) is 9.63. The Balaban J connectivity index is 3.47. The van der Waals surface area contributed by atoms with Gasteiger partial charge in [-0.15, -0.1) is 0 Å². The van der Waals surface area contributed by atoms with Crippen molar-refractivity contribution in [1.82, 2.24) is 0 Å². The third-order valence-corrected chi connectivity index (χ3v) is 2.54. The van der Waals surface area contributed by atoms with E-state index in [1.54, 1.807) is 28.1 Å². The van der Waals surface area contributed by atoms with Crippen LogP contribution in [-0.4, -0.2) is 77.7 Å². The van der Waals surface area contributed by atoms with Crippen LogP contribution < -0.4 is 0 Å². The third-order valence-electron chi connectivity index (χ3n) is 2.54. The average Bonchev–Trinajstić information content (AvgIpc) is 2.48. The molecule has 7 heteroatoms. The standard InChI is InChI=1S/C13H28O7/c1-11(15-3)18-6-5-17-10-13(9-14)20-8-7-19-12(2)16-4/h11-14H,5-10H2,1-4H3. The predicted molar refractivity (Wildman–Crippen MR) is 72.5 cm³/mol. The van der Waals surface area contributed by atoms with Crippen LogP contribution in [0.3, 0.4) is 0 Å². The lowest BCUT2D eigenvalue weighted by atomic mass is 10.4. The molecule has 3 unspecified atom stereocenters. The van der Waals surface area contributed by atoms with Crippen molar-refractivity contribution in [3.63, 3.8) is 0 Å². The van der Waals surface area contributed by atoms with Crippen molar-refractivity contribution in [1.29, 1.82) is 0 Å². The molecule has 0 saturated carbocycles. The summed E-state index contributed by atoms with van der Waals surface area (Å²) < 4.78 is 31.1. The minimum atomic E-state index is -0.365. The minimum absolute atomic E-state index is 0.102. The summed E-state index contributed by atoms with van der Waals surface area (Å²) in [6.07, 6.45) is -0.873. The quantitative estimate of drug-likeness (QED) is 0.367. The van der Waals surface area contributed by atoms with E-state index in [1.807, 2.05) is 0 Å². The Hall–Kier alpha value is -0.280. The molecule has 0 aliphatic rings. The summed E-state index contributed by atoms with van der Waals surface area (Å²) in [5, 5.41) is 9.14. The minimum Gasteiger partial charge on any atom is -0.394 e. The van der Waals surface area contributed by atoms with Crippen LogP contribution in [0.15, 0.2) is 0 Å². The van der Waals surface area contributed by atoms with Crippen molar-refractivity contribution >= 4 is 0 Å². The van der Waals surface area contributed by atoms with Crippen molar-refractivity contribution < 1.29 is 33.5 Å². The van der Waals surface area contributed by atoms with Gasteiger partial charge in [0.2, 0.25) is 0 Å². The second-order valence-corrected chi connectivity index (χ2v) is 4.10. The highest BCUT2D eigenvalue weighted by Crippen LogP contribution is 1.96. The molecule has 0 bridgehead atoms. The molecule has 0 amide bonds. The van der Waals surface area contributed by atoms with E-state index < -0.39 is 0 Å². The van der Waals surface area contributed by atoms with Crippen molar-refractivity contribution in [3.8, 4) is 0 Å². The van der Waals surface area contributed by atoms with E-state index in [1.165, 1.54) is 0 Å². The van der Waals surface area contributed by atoms with E-state index in [4.69, 9.17) is 33.5 Å². The fourth-order valence-electron chi connectivity index (χ4n) is 1.21. The van der Waals surface area contributed by atoms with E-state index in [-0.39, 0.29) is 25.3 Å². The van der Waals surface area contributed by atoms with E-state index in [9.17, 15) is 0 Å². The molecule has 0 aromatic carbocycles. The molecular weight excluding hydrogens is 268 g/mol. The maximum Gasteiger partial charge on any atom is 0.154 e. The van der Waals surface area contributed by atoms with Crippen LogP contribution in [0.4, 0.5) is 0 Å². The topological polar surface area (TPSA) is 75.6 Å². The summed E-state index contributed by atoms with van der Waals surface area (Å²) in [6, 6.07) is 0. The number of hydrogen-bond donors (Lipinski definition) is 1. The number of rotatable bonds is 14. The Morgan fingerprint density at radius 2 is 1.30 bits per heavy atom. The van der Waals surface area contributed by atoms with E-state index in [0.717, 1.165) is 0 Å². The molecule has 0 radical (unpaired) electrons. The summed E-state index contributed by atoms with van der Waals surface area (Å²) in [4.78, 5) is 0. The lowest BCUT2D eigenvalue weighted by Crippen LogP contribution is -2.27. The fourth-order valence-corrected chi connectivity index (χ4v) is 1.21. The highest BCUT2D eigenvalue weighted by Gasteiger charge is 2.08. The largest absolute Gasteiger partial charge is 0.394 e. The molecule has 0 rings (SSSR count). The number of hydrogen-bond acceptors (Lipinski definition) is 7. The number of ether oxygens (including phenoxy) is 6. The molecule has 3 atom stereocenters.